The van der Waals surface area contributed by atoms with E-state index in [0.29, 0.717) is 12.0 Å². The van der Waals surface area contributed by atoms with Crippen molar-refractivity contribution in [2.45, 2.75) is 31.7 Å². The molecule has 0 spiro atoms. The van der Waals surface area contributed by atoms with Crippen LogP contribution in [0.25, 0.3) is 6.08 Å². The number of methoxy groups -OCH3 is 1. The van der Waals surface area contributed by atoms with Gasteiger partial charge in [-0.15, -0.1) is 0 Å². The first-order chi connectivity index (χ1) is 9.76. The van der Waals surface area contributed by atoms with Crippen LogP contribution in [0, 0.1) is 11.8 Å². The molecule has 3 nitrogen and oxygen atoms in total. The van der Waals surface area contributed by atoms with Gasteiger partial charge in [0.15, 0.2) is 0 Å². The Bertz CT molecular complexity index is 523. The van der Waals surface area contributed by atoms with Crippen LogP contribution in [0.5, 0.6) is 5.75 Å². The molecule has 3 heteroatoms. The van der Waals surface area contributed by atoms with Crippen LogP contribution in [-0.4, -0.2) is 19.1 Å². The Morgan fingerprint density at radius 1 is 1.30 bits per heavy atom. The highest BCUT2D eigenvalue weighted by Crippen LogP contribution is 2.44. The number of nitrogens with one attached hydrogen (secondary N) is 1. The quantitative estimate of drug-likeness (QED) is 0.855. The number of ether oxygens (including phenoxy) is 1. The van der Waals surface area contributed by atoms with Gasteiger partial charge in [-0.25, -0.2) is 0 Å². The largest absolute Gasteiger partial charge is 0.496 e. The molecule has 20 heavy (non-hydrogen) atoms. The number of fused-ring (bicyclic) bond motifs is 2. The van der Waals surface area contributed by atoms with Crippen molar-refractivity contribution < 1.29 is 9.53 Å². The van der Waals surface area contributed by atoms with Gasteiger partial charge in [-0.3, -0.25) is 4.79 Å². The number of amides is 1. The van der Waals surface area contributed by atoms with E-state index in [0.717, 1.165) is 17.2 Å². The third-order valence-electron chi connectivity index (χ3n) is 4.62. The fraction of sp³-hybridized carbons (Fsp3) is 0.471. The molecule has 3 rings (SSSR count). The molecule has 0 aliphatic heterocycles. The first kappa shape index (κ1) is 13.2. The summed E-state index contributed by atoms with van der Waals surface area (Å²) in [5, 5.41) is 3.15. The number of benzene rings is 1. The maximum atomic E-state index is 12.0. The van der Waals surface area contributed by atoms with Crippen molar-refractivity contribution in [2.75, 3.05) is 7.11 Å². The van der Waals surface area contributed by atoms with Gasteiger partial charge >= 0.3 is 0 Å². The van der Waals surface area contributed by atoms with Gasteiger partial charge in [0.25, 0.3) is 0 Å². The van der Waals surface area contributed by atoms with Gasteiger partial charge in [0.05, 0.1) is 7.11 Å². The lowest BCUT2D eigenvalue weighted by atomic mass is 9.95. The number of carbonyl (C=O) groups excluding carboxylic acids is 1. The van der Waals surface area contributed by atoms with E-state index in [1.54, 1.807) is 13.2 Å². The summed E-state index contributed by atoms with van der Waals surface area (Å²) < 4.78 is 5.27. The Kier molecular flexibility index (Phi) is 3.77. The summed E-state index contributed by atoms with van der Waals surface area (Å²) in [5.74, 6) is 2.36. The van der Waals surface area contributed by atoms with Crippen molar-refractivity contribution in [1.29, 1.82) is 0 Å². The minimum absolute atomic E-state index is 0.00783. The summed E-state index contributed by atoms with van der Waals surface area (Å²) in [7, 11) is 1.64. The van der Waals surface area contributed by atoms with E-state index < -0.39 is 0 Å². The maximum absolute atomic E-state index is 12.0. The Morgan fingerprint density at radius 2 is 2.15 bits per heavy atom. The second-order valence-electron chi connectivity index (χ2n) is 5.87. The highest BCUT2D eigenvalue weighted by molar-refractivity contribution is 5.92. The summed E-state index contributed by atoms with van der Waals surface area (Å²) >= 11 is 0. The minimum atomic E-state index is 0.00783. The van der Waals surface area contributed by atoms with E-state index in [1.165, 1.54) is 25.7 Å². The maximum Gasteiger partial charge on any atom is 0.244 e. The smallest absolute Gasteiger partial charge is 0.244 e. The lowest BCUT2D eigenvalue weighted by Crippen LogP contribution is -2.37. The van der Waals surface area contributed by atoms with Crippen LogP contribution in [0.4, 0.5) is 0 Å². The average molecular weight is 271 g/mol. The minimum Gasteiger partial charge on any atom is -0.496 e. The molecule has 106 valence electrons. The summed E-state index contributed by atoms with van der Waals surface area (Å²) in [6.45, 7) is 0. The standard InChI is InChI=1S/C17H21NO2/c1-20-16-5-3-2-4-13(16)8-9-17(19)18-15-11-12-6-7-14(15)10-12/h2-5,8-9,12,14-15H,6-7,10-11H2,1H3,(H,18,19)/b9-8+/t12-,14-,15+/m1/s1. The third-order valence-corrected chi connectivity index (χ3v) is 4.62. The summed E-state index contributed by atoms with van der Waals surface area (Å²) in [6.07, 6.45) is 8.55. The number of para-hydroxylation sites is 1. The number of hydrogen-bond acceptors (Lipinski definition) is 2. The molecule has 2 aliphatic carbocycles. The van der Waals surface area contributed by atoms with Crippen LogP contribution in [0.3, 0.4) is 0 Å². The predicted octanol–water partition coefficient (Wildman–Crippen LogP) is 3.01. The topological polar surface area (TPSA) is 38.3 Å². The molecule has 1 aromatic carbocycles. The fourth-order valence-corrected chi connectivity index (χ4v) is 3.62. The summed E-state index contributed by atoms with van der Waals surface area (Å²) in [6, 6.07) is 8.10. The molecule has 0 aromatic heterocycles. The summed E-state index contributed by atoms with van der Waals surface area (Å²) in [5.41, 5.74) is 0.929. The first-order valence-corrected chi connectivity index (χ1v) is 7.38. The van der Waals surface area contributed by atoms with Crippen molar-refractivity contribution in [3.05, 3.63) is 35.9 Å². The van der Waals surface area contributed by atoms with Gasteiger partial charge in [-0.05, 0) is 43.2 Å². The molecular weight excluding hydrogens is 250 g/mol. The number of rotatable bonds is 4. The zero-order chi connectivity index (χ0) is 13.9. The highest BCUT2D eigenvalue weighted by Gasteiger charge is 2.39. The van der Waals surface area contributed by atoms with Gasteiger partial charge in [0.2, 0.25) is 5.91 Å². The third kappa shape index (κ3) is 2.72. The summed E-state index contributed by atoms with van der Waals surface area (Å²) in [4.78, 5) is 12.0. The van der Waals surface area contributed by atoms with Gasteiger partial charge in [-0.1, -0.05) is 24.6 Å². The molecule has 0 heterocycles. The molecular formula is C17H21NO2. The van der Waals surface area contributed by atoms with Gasteiger partial charge in [0, 0.05) is 17.7 Å². The van der Waals surface area contributed by atoms with E-state index in [1.807, 2.05) is 30.3 Å². The van der Waals surface area contributed by atoms with Crippen molar-refractivity contribution in [1.82, 2.24) is 5.32 Å². The van der Waals surface area contributed by atoms with Crippen molar-refractivity contribution in [3.63, 3.8) is 0 Å². The van der Waals surface area contributed by atoms with Gasteiger partial charge in [0.1, 0.15) is 5.75 Å². The predicted molar refractivity (Wildman–Crippen MR) is 79.4 cm³/mol. The van der Waals surface area contributed by atoms with E-state index in [4.69, 9.17) is 4.74 Å². The van der Waals surface area contributed by atoms with Crippen molar-refractivity contribution >= 4 is 12.0 Å². The van der Waals surface area contributed by atoms with Crippen molar-refractivity contribution in [3.8, 4) is 5.75 Å². The average Bonchev–Trinajstić information content (AvgIpc) is 3.08. The lowest BCUT2D eigenvalue weighted by molar-refractivity contribution is -0.117. The Hall–Kier alpha value is -1.77. The molecule has 1 N–H and O–H groups in total. The monoisotopic (exact) mass is 271 g/mol. The zero-order valence-electron chi connectivity index (χ0n) is 11.8. The van der Waals surface area contributed by atoms with Crippen LogP contribution in [0.2, 0.25) is 0 Å². The molecule has 0 unspecified atom stereocenters. The molecule has 0 saturated heterocycles. The lowest BCUT2D eigenvalue weighted by Gasteiger charge is -2.22. The van der Waals surface area contributed by atoms with Crippen LogP contribution in [0.1, 0.15) is 31.2 Å². The molecule has 2 bridgehead atoms. The van der Waals surface area contributed by atoms with E-state index in [-0.39, 0.29) is 5.91 Å². The Morgan fingerprint density at radius 3 is 2.85 bits per heavy atom. The van der Waals surface area contributed by atoms with E-state index in [9.17, 15) is 4.79 Å². The van der Waals surface area contributed by atoms with Crippen molar-refractivity contribution in [2.24, 2.45) is 11.8 Å². The highest BCUT2D eigenvalue weighted by atomic mass is 16.5. The number of hydrogen-bond donors (Lipinski definition) is 1. The molecule has 1 aromatic rings. The van der Waals surface area contributed by atoms with Gasteiger partial charge < -0.3 is 10.1 Å². The second kappa shape index (κ2) is 5.70. The van der Waals surface area contributed by atoms with E-state index >= 15 is 0 Å². The zero-order valence-corrected chi connectivity index (χ0v) is 11.8. The molecule has 1 amide bonds. The van der Waals surface area contributed by atoms with E-state index in [2.05, 4.69) is 5.32 Å². The van der Waals surface area contributed by atoms with Crippen LogP contribution in [0.15, 0.2) is 30.3 Å². The van der Waals surface area contributed by atoms with Crippen LogP contribution < -0.4 is 10.1 Å². The molecule has 2 fully saturated rings. The first-order valence-electron chi connectivity index (χ1n) is 7.38. The van der Waals surface area contributed by atoms with Crippen LogP contribution in [-0.2, 0) is 4.79 Å². The molecule has 0 radical (unpaired) electrons. The van der Waals surface area contributed by atoms with Gasteiger partial charge in [-0.2, -0.15) is 0 Å². The molecule has 3 atom stereocenters. The molecule has 2 aliphatic rings. The Balaban J connectivity index is 1.60. The Labute approximate surface area is 120 Å². The van der Waals surface area contributed by atoms with Crippen LogP contribution >= 0.6 is 0 Å². The second-order valence-corrected chi connectivity index (χ2v) is 5.87. The fourth-order valence-electron chi connectivity index (χ4n) is 3.62. The number of carbonyl (C=O) groups is 1. The SMILES string of the molecule is COc1ccccc1/C=C/C(=O)N[C@H]1C[C@@H]2CC[C@@H]1C2. The molecule has 2 saturated carbocycles. The normalized spacial score (nSPS) is 27.9.